The van der Waals surface area contributed by atoms with Crippen molar-refractivity contribution in [3.8, 4) is 5.75 Å². The number of ether oxygens (including phenoxy) is 1. The Bertz CT molecular complexity index is 558. The van der Waals surface area contributed by atoms with Crippen molar-refractivity contribution in [1.82, 2.24) is 5.32 Å². The van der Waals surface area contributed by atoms with E-state index in [1.165, 1.54) is 11.8 Å². The first-order chi connectivity index (χ1) is 9.40. The molecular formula is C14H18N2O4. The Morgan fingerprint density at radius 3 is 2.85 bits per heavy atom. The lowest BCUT2D eigenvalue weighted by Crippen LogP contribution is -2.61. The van der Waals surface area contributed by atoms with E-state index in [-0.39, 0.29) is 13.2 Å². The van der Waals surface area contributed by atoms with E-state index in [9.17, 15) is 9.59 Å². The quantitative estimate of drug-likeness (QED) is 0.775. The molecule has 2 rings (SSSR count). The van der Waals surface area contributed by atoms with Crippen LogP contribution in [-0.2, 0) is 9.59 Å². The van der Waals surface area contributed by atoms with Gasteiger partial charge in [-0.1, -0.05) is 6.07 Å². The molecule has 6 nitrogen and oxygen atoms in total. The fraction of sp³-hybridized carbons (Fsp3) is 0.429. The summed E-state index contributed by atoms with van der Waals surface area (Å²) in [5, 5.41) is 11.2. The number of rotatable bonds is 3. The van der Waals surface area contributed by atoms with Crippen LogP contribution in [0.15, 0.2) is 18.2 Å². The van der Waals surface area contributed by atoms with Crippen molar-refractivity contribution in [3.05, 3.63) is 23.8 Å². The summed E-state index contributed by atoms with van der Waals surface area (Å²) in [7, 11) is 1.61. The zero-order chi connectivity index (χ0) is 14.9. The van der Waals surface area contributed by atoms with Gasteiger partial charge in [0.05, 0.1) is 12.3 Å². The smallest absolute Gasteiger partial charge is 0.280 e. The van der Waals surface area contributed by atoms with Crippen LogP contribution in [0, 0.1) is 6.92 Å². The van der Waals surface area contributed by atoms with Crippen molar-refractivity contribution in [1.29, 1.82) is 0 Å². The minimum Gasteiger partial charge on any atom is -0.466 e. The van der Waals surface area contributed by atoms with Crippen molar-refractivity contribution < 1.29 is 19.4 Å². The Morgan fingerprint density at radius 2 is 2.20 bits per heavy atom. The maximum Gasteiger partial charge on any atom is 0.280 e. The second-order valence-corrected chi connectivity index (χ2v) is 4.95. The average Bonchev–Trinajstić information content (AvgIpc) is 2.43. The standard InChI is InChI=1S/C14H18N2O4/c1-9-4-5-11-10(8-9)16(3)13(19)14(2,20-11)12(18)15-6-7-17/h4-5,8,17H,6-7H2,1-3H3,(H,15,18). The highest BCUT2D eigenvalue weighted by Gasteiger charge is 2.49. The summed E-state index contributed by atoms with van der Waals surface area (Å²) < 4.78 is 5.63. The summed E-state index contributed by atoms with van der Waals surface area (Å²) >= 11 is 0. The van der Waals surface area contributed by atoms with Gasteiger partial charge in [0.15, 0.2) is 0 Å². The van der Waals surface area contributed by atoms with Gasteiger partial charge in [0, 0.05) is 13.6 Å². The second-order valence-electron chi connectivity index (χ2n) is 4.95. The van der Waals surface area contributed by atoms with Crippen molar-refractivity contribution in [3.63, 3.8) is 0 Å². The first-order valence-corrected chi connectivity index (χ1v) is 6.37. The van der Waals surface area contributed by atoms with E-state index in [0.29, 0.717) is 11.4 Å². The number of likely N-dealkylation sites (N-methyl/N-ethyl adjacent to an activating group) is 1. The molecule has 0 aliphatic carbocycles. The molecule has 0 bridgehead atoms. The number of fused-ring (bicyclic) bond motifs is 1. The molecule has 0 spiro atoms. The highest BCUT2D eigenvalue weighted by molar-refractivity contribution is 6.16. The molecule has 1 aliphatic rings. The number of anilines is 1. The molecule has 1 unspecified atom stereocenters. The van der Waals surface area contributed by atoms with E-state index in [2.05, 4.69) is 5.32 Å². The molecule has 2 N–H and O–H groups in total. The van der Waals surface area contributed by atoms with Gasteiger partial charge in [0.1, 0.15) is 5.75 Å². The summed E-state index contributed by atoms with van der Waals surface area (Å²) in [6, 6.07) is 5.43. The molecule has 108 valence electrons. The molecule has 0 radical (unpaired) electrons. The van der Waals surface area contributed by atoms with Crippen LogP contribution >= 0.6 is 0 Å². The van der Waals surface area contributed by atoms with E-state index in [4.69, 9.17) is 9.84 Å². The van der Waals surface area contributed by atoms with Crippen LogP contribution in [-0.4, -0.2) is 42.7 Å². The van der Waals surface area contributed by atoms with Crippen molar-refractivity contribution in [2.75, 3.05) is 25.1 Å². The predicted molar refractivity (Wildman–Crippen MR) is 73.7 cm³/mol. The molecule has 1 heterocycles. The number of carbonyl (C=O) groups excluding carboxylic acids is 2. The van der Waals surface area contributed by atoms with Crippen LogP contribution in [0.5, 0.6) is 5.75 Å². The lowest BCUT2D eigenvalue weighted by atomic mass is 10.00. The van der Waals surface area contributed by atoms with Gasteiger partial charge in [-0.05, 0) is 31.5 Å². The molecular weight excluding hydrogens is 260 g/mol. The number of aliphatic hydroxyl groups excluding tert-OH is 1. The molecule has 20 heavy (non-hydrogen) atoms. The summed E-state index contributed by atoms with van der Waals surface area (Å²) in [4.78, 5) is 25.9. The number of amides is 2. The number of carbonyl (C=O) groups is 2. The van der Waals surface area contributed by atoms with E-state index < -0.39 is 17.4 Å². The van der Waals surface area contributed by atoms with Crippen molar-refractivity contribution in [2.45, 2.75) is 19.4 Å². The number of benzene rings is 1. The van der Waals surface area contributed by atoms with Crippen molar-refractivity contribution >= 4 is 17.5 Å². The maximum absolute atomic E-state index is 12.4. The molecule has 6 heteroatoms. The van der Waals surface area contributed by atoms with Crippen LogP contribution < -0.4 is 15.0 Å². The normalized spacial score (nSPS) is 21.2. The lowest BCUT2D eigenvalue weighted by Gasteiger charge is -2.38. The Morgan fingerprint density at radius 1 is 1.50 bits per heavy atom. The molecule has 1 aromatic carbocycles. The molecule has 1 atom stereocenters. The number of nitrogens with zero attached hydrogens (tertiary/aromatic N) is 1. The van der Waals surface area contributed by atoms with Crippen LogP contribution in [0.4, 0.5) is 5.69 Å². The van der Waals surface area contributed by atoms with E-state index in [1.807, 2.05) is 19.1 Å². The summed E-state index contributed by atoms with van der Waals surface area (Å²) in [6.07, 6.45) is 0. The van der Waals surface area contributed by atoms with Gasteiger partial charge in [-0.3, -0.25) is 9.59 Å². The monoisotopic (exact) mass is 278 g/mol. The summed E-state index contributed by atoms with van der Waals surface area (Å²) in [6.45, 7) is 3.23. The van der Waals surface area contributed by atoms with E-state index in [1.54, 1.807) is 13.1 Å². The first-order valence-electron chi connectivity index (χ1n) is 6.37. The zero-order valence-corrected chi connectivity index (χ0v) is 11.8. The Kier molecular flexibility index (Phi) is 3.67. The fourth-order valence-electron chi connectivity index (χ4n) is 2.15. The Balaban J connectivity index is 2.37. The second kappa shape index (κ2) is 5.13. The first kappa shape index (κ1) is 14.3. The lowest BCUT2D eigenvalue weighted by molar-refractivity contribution is -0.148. The third-order valence-electron chi connectivity index (χ3n) is 3.33. The average molecular weight is 278 g/mol. The molecule has 2 amide bonds. The fourth-order valence-corrected chi connectivity index (χ4v) is 2.15. The van der Waals surface area contributed by atoms with Gasteiger partial charge >= 0.3 is 0 Å². The maximum atomic E-state index is 12.4. The zero-order valence-electron chi connectivity index (χ0n) is 11.8. The summed E-state index contributed by atoms with van der Waals surface area (Å²) in [5.74, 6) is -0.514. The molecule has 1 aromatic rings. The Labute approximate surface area is 117 Å². The van der Waals surface area contributed by atoms with Crippen LogP contribution in [0.25, 0.3) is 0 Å². The predicted octanol–water partition coefficient (Wildman–Crippen LogP) is 0.217. The van der Waals surface area contributed by atoms with Gasteiger partial charge < -0.3 is 20.1 Å². The summed E-state index contributed by atoms with van der Waals surface area (Å²) in [5.41, 5.74) is 0.0226. The SMILES string of the molecule is Cc1ccc2c(c1)N(C)C(=O)C(C)(C(=O)NCCO)O2. The van der Waals surface area contributed by atoms with E-state index in [0.717, 1.165) is 5.56 Å². The molecule has 0 saturated heterocycles. The van der Waals surface area contributed by atoms with Gasteiger partial charge in [-0.15, -0.1) is 0 Å². The third-order valence-corrected chi connectivity index (χ3v) is 3.33. The van der Waals surface area contributed by atoms with Gasteiger partial charge in [-0.25, -0.2) is 0 Å². The van der Waals surface area contributed by atoms with Gasteiger partial charge in [-0.2, -0.15) is 0 Å². The molecule has 0 saturated carbocycles. The van der Waals surface area contributed by atoms with Crippen LogP contribution in [0.1, 0.15) is 12.5 Å². The van der Waals surface area contributed by atoms with Crippen molar-refractivity contribution in [2.24, 2.45) is 0 Å². The number of hydrogen-bond donors (Lipinski definition) is 2. The number of hydrogen-bond acceptors (Lipinski definition) is 4. The molecule has 1 aliphatic heterocycles. The van der Waals surface area contributed by atoms with Crippen LogP contribution in [0.2, 0.25) is 0 Å². The largest absolute Gasteiger partial charge is 0.466 e. The topological polar surface area (TPSA) is 78.9 Å². The molecule has 0 fully saturated rings. The third kappa shape index (κ3) is 2.22. The number of nitrogens with one attached hydrogen (secondary N) is 1. The highest BCUT2D eigenvalue weighted by Crippen LogP contribution is 2.37. The van der Waals surface area contributed by atoms with Gasteiger partial charge in [0.25, 0.3) is 17.4 Å². The van der Waals surface area contributed by atoms with E-state index >= 15 is 0 Å². The van der Waals surface area contributed by atoms with Crippen LogP contribution in [0.3, 0.4) is 0 Å². The minimum atomic E-state index is -1.62. The minimum absolute atomic E-state index is 0.0789. The molecule has 0 aromatic heterocycles. The Hall–Kier alpha value is -2.08. The van der Waals surface area contributed by atoms with Gasteiger partial charge in [0.2, 0.25) is 0 Å². The number of aryl methyl sites for hydroxylation is 1. The number of aliphatic hydroxyl groups is 1. The highest BCUT2D eigenvalue weighted by atomic mass is 16.5.